The topological polar surface area (TPSA) is 77.6 Å². The molecule has 170 valence electrons. The quantitative estimate of drug-likeness (QED) is 0.339. The Morgan fingerprint density at radius 2 is 1.85 bits per heavy atom. The molecule has 0 spiro atoms. The molecule has 0 saturated carbocycles. The van der Waals surface area contributed by atoms with Gasteiger partial charge in [0.1, 0.15) is 16.5 Å². The first-order valence-electron chi connectivity index (χ1n) is 10.3. The van der Waals surface area contributed by atoms with E-state index in [-0.39, 0.29) is 16.5 Å². The van der Waals surface area contributed by atoms with Crippen LogP contribution < -0.4 is 5.32 Å². The Kier molecular flexibility index (Phi) is 5.72. The van der Waals surface area contributed by atoms with Gasteiger partial charge in [-0.05, 0) is 31.2 Å². The third-order valence-electron chi connectivity index (χ3n) is 5.22. The molecule has 10 heteroatoms. The number of hydrogen-bond acceptors (Lipinski definition) is 5. The molecule has 0 bridgehead atoms. The van der Waals surface area contributed by atoms with E-state index in [9.17, 15) is 9.18 Å². The average molecular weight is 493 g/mol. The molecule has 0 atom stereocenters. The van der Waals surface area contributed by atoms with Gasteiger partial charge in [0.05, 0.1) is 22.0 Å². The summed E-state index contributed by atoms with van der Waals surface area (Å²) >= 11 is 7.84. The molecule has 0 aliphatic rings. The molecule has 2 aromatic carbocycles. The molecule has 0 fully saturated rings. The van der Waals surface area contributed by atoms with Crippen LogP contribution in [0.2, 0.25) is 5.15 Å². The average Bonchev–Trinajstić information content (AvgIpc) is 3.51. The highest BCUT2D eigenvalue weighted by Crippen LogP contribution is 2.38. The van der Waals surface area contributed by atoms with E-state index in [1.54, 1.807) is 25.3 Å². The van der Waals surface area contributed by atoms with Crippen LogP contribution in [0.3, 0.4) is 0 Å². The van der Waals surface area contributed by atoms with Crippen molar-refractivity contribution in [3.05, 3.63) is 89.2 Å². The van der Waals surface area contributed by atoms with Crippen LogP contribution in [0.4, 0.5) is 9.52 Å². The molecule has 0 aliphatic carbocycles. The Morgan fingerprint density at radius 3 is 2.53 bits per heavy atom. The predicted molar refractivity (Wildman–Crippen MR) is 131 cm³/mol. The first-order valence-corrected chi connectivity index (χ1v) is 11.5. The minimum absolute atomic E-state index is 0.130. The number of carbonyl (C=O) groups is 1. The van der Waals surface area contributed by atoms with Gasteiger partial charge in [0.25, 0.3) is 5.91 Å². The Labute approximate surface area is 203 Å². The van der Waals surface area contributed by atoms with Crippen molar-refractivity contribution in [3.63, 3.8) is 0 Å². The van der Waals surface area contributed by atoms with Gasteiger partial charge in [-0.25, -0.2) is 19.0 Å². The molecule has 3 aromatic heterocycles. The van der Waals surface area contributed by atoms with Gasteiger partial charge >= 0.3 is 0 Å². The van der Waals surface area contributed by atoms with Crippen molar-refractivity contribution in [2.75, 3.05) is 5.32 Å². The second-order valence-corrected chi connectivity index (χ2v) is 8.88. The van der Waals surface area contributed by atoms with E-state index in [1.807, 2.05) is 48.1 Å². The third-order valence-corrected chi connectivity index (χ3v) is 6.54. The van der Waals surface area contributed by atoms with Gasteiger partial charge in [-0.1, -0.05) is 53.3 Å². The second kappa shape index (κ2) is 8.85. The van der Waals surface area contributed by atoms with Gasteiger partial charge in [0.15, 0.2) is 11.0 Å². The second-order valence-electron chi connectivity index (χ2n) is 7.52. The van der Waals surface area contributed by atoms with E-state index in [0.717, 1.165) is 22.0 Å². The van der Waals surface area contributed by atoms with E-state index in [4.69, 9.17) is 16.6 Å². The standard InChI is InChI=1S/C24H18ClFN6OS/c1-14-18(21(25)32(30-14)17-10-8-16(26)9-11-17)23(33)29-24-28-19(15-6-4-3-5-7-15)20(34-24)22-27-12-13-31(22)2/h3-13H,1-2H3,(H,28,29,33). The number of carbonyl (C=O) groups excluding carboxylic acids is 1. The van der Waals surface area contributed by atoms with Crippen LogP contribution >= 0.6 is 22.9 Å². The summed E-state index contributed by atoms with van der Waals surface area (Å²) < 4.78 is 16.6. The van der Waals surface area contributed by atoms with E-state index < -0.39 is 5.91 Å². The number of thiazole rings is 1. The smallest absolute Gasteiger partial charge is 0.262 e. The highest BCUT2D eigenvalue weighted by Gasteiger charge is 2.24. The van der Waals surface area contributed by atoms with Crippen molar-refractivity contribution in [1.82, 2.24) is 24.3 Å². The Morgan fingerprint density at radius 1 is 1.12 bits per heavy atom. The number of nitrogens with one attached hydrogen (secondary N) is 1. The Bertz CT molecular complexity index is 1490. The van der Waals surface area contributed by atoms with Crippen LogP contribution in [0.15, 0.2) is 67.0 Å². The number of aromatic nitrogens is 5. The summed E-state index contributed by atoms with van der Waals surface area (Å²) in [4.78, 5) is 23.2. The summed E-state index contributed by atoms with van der Waals surface area (Å²) in [5, 5.41) is 7.77. The van der Waals surface area contributed by atoms with Crippen LogP contribution in [-0.2, 0) is 7.05 Å². The molecule has 5 rings (SSSR count). The van der Waals surface area contributed by atoms with E-state index >= 15 is 0 Å². The van der Waals surface area contributed by atoms with Crippen LogP contribution in [-0.4, -0.2) is 30.2 Å². The number of halogens is 2. The Balaban J connectivity index is 1.51. The van der Waals surface area contributed by atoms with Gasteiger partial charge in [-0.15, -0.1) is 0 Å². The Hall–Kier alpha value is -3.82. The van der Waals surface area contributed by atoms with Gasteiger partial charge in [0.2, 0.25) is 0 Å². The van der Waals surface area contributed by atoms with Crippen LogP contribution in [0.5, 0.6) is 0 Å². The molecule has 5 aromatic rings. The molecular weight excluding hydrogens is 475 g/mol. The lowest BCUT2D eigenvalue weighted by molar-refractivity contribution is 0.102. The molecule has 0 saturated heterocycles. The van der Waals surface area contributed by atoms with Crippen LogP contribution in [0.25, 0.3) is 27.6 Å². The summed E-state index contributed by atoms with van der Waals surface area (Å²) in [5.74, 6) is -0.0611. The monoisotopic (exact) mass is 492 g/mol. The number of nitrogens with zero attached hydrogens (tertiary/aromatic N) is 5. The highest BCUT2D eigenvalue weighted by molar-refractivity contribution is 7.19. The number of amides is 1. The minimum atomic E-state index is -0.435. The normalized spacial score (nSPS) is 11.1. The maximum Gasteiger partial charge on any atom is 0.262 e. The lowest BCUT2D eigenvalue weighted by Gasteiger charge is -2.04. The maximum atomic E-state index is 13.3. The fourth-order valence-electron chi connectivity index (χ4n) is 3.57. The zero-order valence-electron chi connectivity index (χ0n) is 18.2. The zero-order chi connectivity index (χ0) is 23.8. The van der Waals surface area contributed by atoms with Crippen molar-refractivity contribution >= 4 is 34.0 Å². The van der Waals surface area contributed by atoms with Crippen LogP contribution in [0, 0.1) is 12.7 Å². The molecule has 0 unspecified atom stereocenters. The van der Waals surface area contributed by atoms with E-state index in [0.29, 0.717) is 16.5 Å². The number of rotatable bonds is 5. The third kappa shape index (κ3) is 4.00. The summed E-state index contributed by atoms with van der Waals surface area (Å²) in [7, 11) is 1.90. The molecule has 0 radical (unpaired) electrons. The number of benzene rings is 2. The van der Waals surface area contributed by atoms with Crippen molar-refractivity contribution in [2.24, 2.45) is 7.05 Å². The summed E-state index contributed by atoms with van der Waals surface area (Å²) in [6.45, 7) is 1.69. The lowest BCUT2D eigenvalue weighted by Crippen LogP contribution is -2.13. The zero-order valence-corrected chi connectivity index (χ0v) is 19.7. The number of hydrogen-bond donors (Lipinski definition) is 1. The molecular formula is C24H18ClFN6OS. The molecule has 7 nitrogen and oxygen atoms in total. The number of anilines is 1. The van der Waals surface area contributed by atoms with Crippen molar-refractivity contribution in [1.29, 1.82) is 0 Å². The number of imidazole rings is 1. The maximum absolute atomic E-state index is 13.3. The molecule has 1 amide bonds. The highest BCUT2D eigenvalue weighted by atomic mass is 35.5. The predicted octanol–water partition coefficient (Wildman–Crippen LogP) is 5.75. The molecule has 34 heavy (non-hydrogen) atoms. The fraction of sp³-hybridized carbons (Fsp3) is 0.0833. The van der Waals surface area contributed by atoms with E-state index in [2.05, 4.69) is 15.4 Å². The summed E-state index contributed by atoms with van der Waals surface area (Å²) in [6, 6.07) is 15.4. The minimum Gasteiger partial charge on any atom is -0.333 e. The van der Waals surface area contributed by atoms with Crippen molar-refractivity contribution in [2.45, 2.75) is 6.92 Å². The van der Waals surface area contributed by atoms with E-state index in [1.165, 1.54) is 28.2 Å². The summed E-state index contributed by atoms with van der Waals surface area (Å²) in [5.41, 5.74) is 2.85. The van der Waals surface area contributed by atoms with Gasteiger partial charge in [-0.2, -0.15) is 5.10 Å². The number of aryl methyl sites for hydroxylation is 2. The molecule has 1 N–H and O–H groups in total. The van der Waals surface area contributed by atoms with Gasteiger partial charge in [-0.3, -0.25) is 10.1 Å². The first-order chi connectivity index (χ1) is 16.4. The van der Waals surface area contributed by atoms with Gasteiger partial charge in [0, 0.05) is 25.0 Å². The molecule has 3 heterocycles. The van der Waals surface area contributed by atoms with Crippen LogP contribution in [0.1, 0.15) is 16.1 Å². The lowest BCUT2D eigenvalue weighted by atomic mass is 10.1. The van der Waals surface area contributed by atoms with Gasteiger partial charge < -0.3 is 4.57 Å². The fourth-order valence-corrected chi connectivity index (χ4v) is 4.95. The first kappa shape index (κ1) is 22.0. The SMILES string of the molecule is Cc1nn(-c2ccc(F)cc2)c(Cl)c1C(=O)Nc1nc(-c2ccccc2)c(-c2nccn2C)s1. The summed E-state index contributed by atoms with van der Waals surface area (Å²) in [6.07, 6.45) is 3.57. The van der Waals surface area contributed by atoms with Crippen molar-refractivity contribution < 1.29 is 9.18 Å². The largest absolute Gasteiger partial charge is 0.333 e. The molecule has 0 aliphatic heterocycles. The van der Waals surface area contributed by atoms with Crippen molar-refractivity contribution in [3.8, 4) is 27.6 Å².